The number of para-hydroxylation sites is 2. The van der Waals surface area contributed by atoms with Crippen molar-refractivity contribution in [2.45, 2.75) is 0 Å². The maximum atomic E-state index is 7.45. The van der Waals surface area contributed by atoms with Crippen LogP contribution < -0.4 is 0 Å². The van der Waals surface area contributed by atoms with Crippen molar-refractivity contribution in [3.05, 3.63) is 145 Å². The molecule has 220 valence electrons. The molecule has 0 N–H and O–H groups in total. The molecule has 0 amide bonds. The lowest BCUT2D eigenvalue weighted by Gasteiger charge is -2.12. The van der Waals surface area contributed by atoms with Gasteiger partial charge < -0.3 is 4.40 Å². The van der Waals surface area contributed by atoms with Gasteiger partial charge in [-0.3, -0.25) is 9.55 Å². The van der Waals surface area contributed by atoms with E-state index in [9.17, 15) is 0 Å². The Labute approximate surface area is 272 Å². The van der Waals surface area contributed by atoms with Gasteiger partial charge in [-0.05, 0) is 35.7 Å². The van der Waals surface area contributed by atoms with Crippen molar-refractivity contribution in [1.29, 1.82) is 0 Å². The molecule has 0 atom stereocenters. The highest BCUT2D eigenvalue weighted by Crippen LogP contribution is 2.47. The van der Waals surface area contributed by atoms with E-state index < -0.39 is 0 Å². The van der Waals surface area contributed by atoms with Crippen LogP contribution in [-0.4, -0.2) is 23.9 Å². The largest absolute Gasteiger partial charge is 0.307 e. The Bertz CT molecular complexity index is 3180. The standard InChI is InChI=1S/C42H22N6/c1-43-26-19-16-25(17-20-26)37-38-33(13-8-22-44-38)45-42(46-37)48-35-15-7-5-12-29(35)32-23-31-28-11-4-6-14-34(28)47-39-27-10-3-2-9-24(27)18-21-30(39)36(40(31)47)41(32)48/h2-23H. The monoisotopic (exact) mass is 610 g/mol. The third kappa shape index (κ3) is 3.17. The van der Waals surface area contributed by atoms with Gasteiger partial charge >= 0.3 is 0 Å². The minimum absolute atomic E-state index is 0.582. The minimum Gasteiger partial charge on any atom is -0.307 e. The van der Waals surface area contributed by atoms with Gasteiger partial charge in [-0.1, -0.05) is 97.1 Å². The zero-order valence-electron chi connectivity index (χ0n) is 25.4. The molecule has 0 aliphatic carbocycles. The maximum Gasteiger partial charge on any atom is 0.235 e. The quantitative estimate of drug-likeness (QED) is 0.183. The van der Waals surface area contributed by atoms with E-state index in [1.165, 1.54) is 48.9 Å². The summed E-state index contributed by atoms with van der Waals surface area (Å²) in [6.07, 6.45) is 1.78. The molecule has 0 unspecified atom stereocenters. The van der Waals surface area contributed by atoms with Crippen LogP contribution in [0.3, 0.4) is 0 Å². The summed E-state index contributed by atoms with van der Waals surface area (Å²) in [7, 11) is 0. The maximum absolute atomic E-state index is 7.45. The summed E-state index contributed by atoms with van der Waals surface area (Å²) >= 11 is 0. The van der Waals surface area contributed by atoms with Gasteiger partial charge in [0.25, 0.3) is 0 Å². The fraction of sp³-hybridized carbons (Fsp3) is 0. The van der Waals surface area contributed by atoms with Gasteiger partial charge in [-0.2, -0.15) is 0 Å². The molecule has 0 fully saturated rings. The fourth-order valence-corrected chi connectivity index (χ4v) is 7.91. The summed E-state index contributed by atoms with van der Waals surface area (Å²) < 4.78 is 4.71. The first-order valence-electron chi connectivity index (χ1n) is 15.9. The first-order chi connectivity index (χ1) is 23.8. The molecule has 6 aromatic carbocycles. The SMILES string of the molecule is [C-]#[N+]c1ccc(-c2nc(-n3c4ccccc4c4cc5c6ccccc6n6c7c8ccccc8ccc7c(c43)c56)nc3cccnc23)cc1. The van der Waals surface area contributed by atoms with Crippen molar-refractivity contribution in [1.82, 2.24) is 23.9 Å². The van der Waals surface area contributed by atoms with Gasteiger partial charge in [0.05, 0.1) is 39.7 Å². The molecule has 0 saturated heterocycles. The molecule has 0 aliphatic rings. The molecule has 6 heteroatoms. The van der Waals surface area contributed by atoms with Crippen molar-refractivity contribution in [2.24, 2.45) is 0 Å². The predicted molar refractivity (Wildman–Crippen MR) is 196 cm³/mol. The van der Waals surface area contributed by atoms with Crippen molar-refractivity contribution in [2.75, 3.05) is 0 Å². The average molecular weight is 611 g/mol. The molecule has 0 saturated carbocycles. The molecule has 11 rings (SSSR count). The normalized spacial score (nSPS) is 12.1. The van der Waals surface area contributed by atoms with Gasteiger partial charge in [-0.15, -0.1) is 0 Å². The fourth-order valence-electron chi connectivity index (χ4n) is 7.91. The zero-order chi connectivity index (χ0) is 31.5. The summed E-state index contributed by atoms with van der Waals surface area (Å²) in [5.74, 6) is 0.582. The summed E-state index contributed by atoms with van der Waals surface area (Å²) in [5, 5.41) is 9.61. The lowest BCUT2D eigenvalue weighted by molar-refractivity contribution is 1.01. The molecular weight excluding hydrogens is 589 g/mol. The van der Waals surface area contributed by atoms with Crippen LogP contribution >= 0.6 is 0 Å². The van der Waals surface area contributed by atoms with E-state index in [0.29, 0.717) is 11.6 Å². The third-order valence-electron chi connectivity index (χ3n) is 9.90. The van der Waals surface area contributed by atoms with Crippen molar-refractivity contribution in [3.8, 4) is 17.2 Å². The highest BCUT2D eigenvalue weighted by Gasteiger charge is 2.26. The number of aromatic nitrogens is 5. The summed E-state index contributed by atoms with van der Waals surface area (Å²) in [5.41, 5.74) is 9.43. The molecule has 48 heavy (non-hydrogen) atoms. The van der Waals surface area contributed by atoms with Gasteiger partial charge in [0.2, 0.25) is 5.95 Å². The van der Waals surface area contributed by atoms with Crippen LogP contribution in [-0.2, 0) is 0 Å². The number of benzene rings is 6. The van der Waals surface area contributed by atoms with E-state index in [1.807, 2.05) is 36.4 Å². The number of hydrogen-bond acceptors (Lipinski definition) is 3. The highest BCUT2D eigenvalue weighted by atomic mass is 15.2. The minimum atomic E-state index is 0.582. The first kappa shape index (κ1) is 25.4. The number of hydrogen-bond donors (Lipinski definition) is 0. The van der Waals surface area contributed by atoms with Crippen molar-refractivity contribution >= 4 is 87.4 Å². The highest BCUT2D eigenvalue weighted by molar-refractivity contribution is 6.36. The molecule has 0 aliphatic heterocycles. The van der Waals surface area contributed by atoms with Crippen molar-refractivity contribution < 1.29 is 0 Å². The predicted octanol–water partition coefficient (Wildman–Crippen LogP) is 10.6. The van der Waals surface area contributed by atoms with E-state index in [4.69, 9.17) is 21.5 Å². The zero-order valence-corrected chi connectivity index (χ0v) is 25.4. The second kappa shape index (κ2) is 9.12. The Balaban J connectivity index is 1.38. The van der Waals surface area contributed by atoms with E-state index in [1.54, 1.807) is 6.20 Å². The van der Waals surface area contributed by atoms with Crippen LogP contribution in [0.15, 0.2) is 134 Å². The summed E-state index contributed by atoms with van der Waals surface area (Å²) in [6.45, 7) is 7.45. The van der Waals surface area contributed by atoms with Gasteiger partial charge in [0.1, 0.15) is 11.2 Å². The van der Waals surface area contributed by atoms with E-state index in [2.05, 4.69) is 105 Å². The van der Waals surface area contributed by atoms with E-state index in [0.717, 1.165) is 44.1 Å². The van der Waals surface area contributed by atoms with E-state index >= 15 is 0 Å². The van der Waals surface area contributed by atoms with Gasteiger partial charge in [-0.25, -0.2) is 14.8 Å². The molecule has 6 nitrogen and oxygen atoms in total. The molecule has 11 aromatic rings. The molecule has 5 aromatic heterocycles. The smallest absolute Gasteiger partial charge is 0.235 e. The van der Waals surface area contributed by atoms with Crippen molar-refractivity contribution in [3.63, 3.8) is 0 Å². The second-order valence-corrected chi connectivity index (χ2v) is 12.3. The number of rotatable bonds is 2. The molecule has 5 heterocycles. The number of pyridine rings is 1. The van der Waals surface area contributed by atoms with Crippen LogP contribution in [0.2, 0.25) is 0 Å². The second-order valence-electron chi connectivity index (χ2n) is 12.3. The Morgan fingerprint density at radius 1 is 0.562 bits per heavy atom. The van der Waals surface area contributed by atoms with Crippen LogP contribution in [0.4, 0.5) is 5.69 Å². The van der Waals surface area contributed by atoms with Gasteiger partial charge in [0.15, 0.2) is 5.69 Å². The van der Waals surface area contributed by atoms with Crippen LogP contribution in [0.1, 0.15) is 0 Å². The Morgan fingerprint density at radius 2 is 1.29 bits per heavy atom. The Kier molecular flexibility index (Phi) is 4.82. The van der Waals surface area contributed by atoms with Crippen LogP contribution in [0, 0.1) is 6.57 Å². The topological polar surface area (TPSA) is 52.4 Å². The molecular formula is C42H22N6. The summed E-state index contributed by atoms with van der Waals surface area (Å²) in [4.78, 5) is 18.8. The Hall–Kier alpha value is -6.84. The average Bonchev–Trinajstić information content (AvgIpc) is 3.79. The van der Waals surface area contributed by atoms with Crippen LogP contribution in [0.25, 0.3) is 104 Å². The van der Waals surface area contributed by atoms with Gasteiger partial charge in [0, 0.05) is 49.5 Å². The number of nitrogens with zero attached hydrogens (tertiary/aromatic N) is 6. The first-order valence-corrected chi connectivity index (χ1v) is 15.9. The summed E-state index contributed by atoms with van der Waals surface area (Å²) in [6, 6.07) is 44.3. The molecule has 0 bridgehead atoms. The lowest BCUT2D eigenvalue weighted by atomic mass is 10.0. The third-order valence-corrected chi connectivity index (χ3v) is 9.90. The molecule has 0 radical (unpaired) electrons. The number of fused-ring (bicyclic) bond motifs is 13. The molecule has 0 spiro atoms. The van der Waals surface area contributed by atoms with Crippen LogP contribution in [0.5, 0.6) is 0 Å². The Morgan fingerprint density at radius 3 is 2.12 bits per heavy atom. The lowest BCUT2D eigenvalue weighted by Crippen LogP contribution is -2.04. The van der Waals surface area contributed by atoms with E-state index in [-0.39, 0.29) is 0 Å².